The molecule has 0 aliphatic heterocycles. The third-order valence-electron chi connectivity index (χ3n) is 4.32. The maximum absolute atomic E-state index is 14.5. The van der Waals surface area contributed by atoms with Crippen LogP contribution in [0.3, 0.4) is 0 Å². The number of amides is 1. The number of para-hydroxylation sites is 1. The Morgan fingerprint density at radius 3 is 2.69 bits per heavy atom. The number of aromatic nitrogens is 2. The van der Waals surface area contributed by atoms with Crippen molar-refractivity contribution in [3.8, 4) is 11.3 Å². The summed E-state index contributed by atoms with van der Waals surface area (Å²) >= 11 is 3.39. The molecule has 0 radical (unpaired) electrons. The fraction of sp³-hybridized carbons (Fsp3) is 0.0455. The maximum atomic E-state index is 14.5. The number of halogens is 2. The average molecular weight is 451 g/mol. The zero-order chi connectivity index (χ0) is 20.4. The molecule has 4 aromatic rings. The van der Waals surface area contributed by atoms with Crippen molar-refractivity contribution in [2.75, 3.05) is 10.6 Å². The molecule has 2 aromatic heterocycles. The number of pyridine rings is 2. The Bertz CT molecular complexity index is 1230. The highest BCUT2D eigenvalue weighted by molar-refractivity contribution is 9.10. The summed E-state index contributed by atoms with van der Waals surface area (Å²) in [5.74, 6) is -0.553. The lowest BCUT2D eigenvalue weighted by molar-refractivity contribution is -0.114. The summed E-state index contributed by atoms with van der Waals surface area (Å²) in [6.45, 7) is 1.44. The van der Waals surface area contributed by atoms with Crippen LogP contribution in [0.15, 0.2) is 71.5 Å². The van der Waals surface area contributed by atoms with Gasteiger partial charge in [0.1, 0.15) is 5.82 Å². The van der Waals surface area contributed by atoms with Gasteiger partial charge in [-0.3, -0.25) is 9.78 Å². The van der Waals surface area contributed by atoms with Crippen molar-refractivity contribution in [2.24, 2.45) is 0 Å². The van der Waals surface area contributed by atoms with Crippen molar-refractivity contribution in [2.45, 2.75) is 6.92 Å². The van der Waals surface area contributed by atoms with E-state index in [0.29, 0.717) is 22.6 Å². The van der Waals surface area contributed by atoms with Gasteiger partial charge in [-0.15, -0.1) is 0 Å². The van der Waals surface area contributed by atoms with Crippen molar-refractivity contribution < 1.29 is 9.18 Å². The smallest absolute Gasteiger partial charge is 0.221 e. The molecule has 2 N–H and O–H groups in total. The van der Waals surface area contributed by atoms with Gasteiger partial charge in [-0.25, -0.2) is 9.37 Å². The van der Waals surface area contributed by atoms with Gasteiger partial charge in [-0.05, 0) is 36.4 Å². The van der Waals surface area contributed by atoms with Gasteiger partial charge in [0.2, 0.25) is 5.91 Å². The SMILES string of the molecule is CC(=O)Nc1cnccc1Nc1cc(-c2cc(Br)ccc2F)nc2ccccc12. The molecule has 144 valence electrons. The Labute approximate surface area is 175 Å². The van der Waals surface area contributed by atoms with E-state index in [9.17, 15) is 9.18 Å². The van der Waals surface area contributed by atoms with Crippen molar-refractivity contribution in [1.29, 1.82) is 0 Å². The van der Waals surface area contributed by atoms with Crippen LogP contribution in [0.5, 0.6) is 0 Å². The second-order valence-electron chi connectivity index (χ2n) is 6.42. The first-order valence-electron chi connectivity index (χ1n) is 8.85. The number of benzene rings is 2. The first kappa shape index (κ1) is 19.0. The molecule has 29 heavy (non-hydrogen) atoms. The van der Waals surface area contributed by atoms with Gasteiger partial charge < -0.3 is 10.6 Å². The number of anilines is 3. The van der Waals surface area contributed by atoms with Crippen LogP contribution in [0.1, 0.15) is 6.92 Å². The van der Waals surface area contributed by atoms with Crippen molar-refractivity contribution in [3.63, 3.8) is 0 Å². The minimum atomic E-state index is -0.357. The third-order valence-corrected chi connectivity index (χ3v) is 4.81. The van der Waals surface area contributed by atoms with Gasteiger partial charge in [-0.2, -0.15) is 0 Å². The fourth-order valence-corrected chi connectivity index (χ4v) is 3.41. The van der Waals surface area contributed by atoms with E-state index in [1.165, 1.54) is 13.0 Å². The van der Waals surface area contributed by atoms with E-state index < -0.39 is 0 Å². The Morgan fingerprint density at radius 1 is 1.03 bits per heavy atom. The summed E-state index contributed by atoms with van der Waals surface area (Å²) in [5.41, 5.74) is 3.58. The lowest BCUT2D eigenvalue weighted by Crippen LogP contribution is -2.08. The van der Waals surface area contributed by atoms with Crippen molar-refractivity contribution in [1.82, 2.24) is 9.97 Å². The molecule has 0 spiro atoms. The van der Waals surface area contributed by atoms with Gasteiger partial charge in [0.05, 0.1) is 34.5 Å². The van der Waals surface area contributed by atoms with E-state index >= 15 is 0 Å². The summed E-state index contributed by atoms with van der Waals surface area (Å²) in [4.78, 5) is 20.2. The Kier molecular flexibility index (Phi) is 5.22. The third kappa shape index (κ3) is 4.09. The monoisotopic (exact) mass is 450 g/mol. The van der Waals surface area contributed by atoms with Gasteiger partial charge in [0, 0.05) is 28.5 Å². The van der Waals surface area contributed by atoms with Crippen molar-refractivity contribution >= 4 is 49.8 Å². The number of rotatable bonds is 4. The highest BCUT2D eigenvalue weighted by Gasteiger charge is 2.13. The number of carbonyl (C=O) groups is 1. The second-order valence-corrected chi connectivity index (χ2v) is 7.34. The summed E-state index contributed by atoms with van der Waals surface area (Å²) in [5, 5.41) is 6.97. The number of nitrogens with zero attached hydrogens (tertiary/aromatic N) is 2. The molecule has 0 aliphatic carbocycles. The largest absolute Gasteiger partial charge is 0.353 e. The Morgan fingerprint density at radius 2 is 1.86 bits per heavy atom. The van der Waals surface area contributed by atoms with Crippen molar-refractivity contribution in [3.05, 3.63) is 77.3 Å². The molecule has 5 nitrogen and oxygen atoms in total. The summed E-state index contributed by atoms with van der Waals surface area (Å²) in [6, 6.07) is 15.9. The van der Waals surface area contributed by atoms with Crippen LogP contribution in [0, 0.1) is 5.82 Å². The highest BCUT2D eigenvalue weighted by atomic mass is 79.9. The predicted molar refractivity (Wildman–Crippen MR) is 117 cm³/mol. The lowest BCUT2D eigenvalue weighted by Gasteiger charge is -2.15. The van der Waals surface area contributed by atoms with Crippen LogP contribution >= 0.6 is 15.9 Å². The van der Waals surface area contributed by atoms with Crippen LogP contribution in [0.2, 0.25) is 0 Å². The van der Waals surface area contributed by atoms with Crippen LogP contribution in [-0.2, 0) is 4.79 Å². The molecule has 0 atom stereocenters. The minimum absolute atomic E-state index is 0.197. The van der Waals surface area contributed by atoms with Crippen LogP contribution in [0.4, 0.5) is 21.5 Å². The van der Waals surface area contributed by atoms with Crippen LogP contribution in [-0.4, -0.2) is 15.9 Å². The lowest BCUT2D eigenvalue weighted by atomic mass is 10.1. The quantitative estimate of drug-likeness (QED) is 0.406. The molecular weight excluding hydrogens is 435 g/mol. The molecule has 2 heterocycles. The number of hydrogen-bond donors (Lipinski definition) is 2. The molecule has 0 saturated carbocycles. The molecule has 0 unspecified atom stereocenters. The first-order valence-corrected chi connectivity index (χ1v) is 9.64. The predicted octanol–water partition coefficient (Wildman–Crippen LogP) is 5.90. The molecule has 4 rings (SSSR count). The summed E-state index contributed by atoms with van der Waals surface area (Å²) in [6.07, 6.45) is 3.20. The molecule has 0 saturated heterocycles. The van der Waals surface area contributed by atoms with E-state index in [2.05, 4.69) is 36.5 Å². The molecule has 7 heteroatoms. The summed E-state index contributed by atoms with van der Waals surface area (Å²) < 4.78 is 15.2. The van der Waals surface area contributed by atoms with E-state index in [1.807, 2.05) is 24.3 Å². The standard InChI is InChI=1S/C22H16BrFN4O/c1-13(29)26-22-12-25-9-8-19(22)28-20-11-21(16-10-14(23)6-7-17(16)24)27-18-5-3-2-4-15(18)20/h2-12H,1H3,(H,26,29)(H,25,27,28). The van der Waals surface area contributed by atoms with Crippen LogP contribution in [0.25, 0.3) is 22.2 Å². The van der Waals surface area contributed by atoms with E-state index in [4.69, 9.17) is 0 Å². The fourth-order valence-electron chi connectivity index (χ4n) is 3.05. The minimum Gasteiger partial charge on any atom is -0.353 e. The van der Waals surface area contributed by atoms with E-state index in [1.54, 1.807) is 36.7 Å². The Hall–Kier alpha value is -3.32. The van der Waals surface area contributed by atoms with Crippen LogP contribution < -0.4 is 10.6 Å². The summed E-state index contributed by atoms with van der Waals surface area (Å²) in [7, 11) is 0. The van der Waals surface area contributed by atoms with Gasteiger partial charge >= 0.3 is 0 Å². The number of nitrogens with one attached hydrogen (secondary N) is 2. The topological polar surface area (TPSA) is 66.9 Å². The van der Waals surface area contributed by atoms with E-state index in [0.717, 1.165) is 21.1 Å². The molecule has 2 aromatic carbocycles. The zero-order valence-electron chi connectivity index (χ0n) is 15.4. The van der Waals surface area contributed by atoms with Gasteiger partial charge in [0.25, 0.3) is 0 Å². The molecule has 0 aliphatic rings. The number of carbonyl (C=O) groups excluding carboxylic acids is 1. The second kappa shape index (κ2) is 7.97. The maximum Gasteiger partial charge on any atom is 0.221 e. The van der Waals surface area contributed by atoms with Gasteiger partial charge in [-0.1, -0.05) is 34.1 Å². The highest BCUT2D eigenvalue weighted by Crippen LogP contribution is 2.34. The first-order chi connectivity index (χ1) is 14.0. The van der Waals surface area contributed by atoms with Gasteiger partial charge in [0.15, 0.2) is 0 Å². The molecule has 1 amide bonds. The average Bonchev–Trinajstić information content (AvgIpc) is 2.71. The van der Waals surface area contributed by atoms with E-state index in [-0.39, 0.29) is 11.7 Å². The Balaban J connectivity index is 1.87. The molecular formula is C22H16BrFN4O. The molecule has 0 bridgehead atoms. The molecule has 0 fully saturated rings. The number of hydrogen-bond acceptors (Lipinski definition) is 4. The zero-order valence-corrected chi connectivity index (χ0v) is 17.0. The normalized spacial score (nSPS) is 10.7. The number of fused-ring (bicyclic) bond motifs is 1.